The number of nitrogens with zero attached hydrogens (tertiary/aromatic N) is 4. The van der Waals surface area contributed by atoms with Crippen molar-refractivity contribution >= 4 is 5.82 Å². The number of nitrogen functional groups attached to an aromatic ring is 1. The van der Waals surface area contributed by atoms with E-state index in [0.717, 1.165) is 11.3 Å². The summed E-state index contributed by atoms with van der Waals surface area (Å²) < 4.78 is 10.7. The molecule has 0 aliphatic rings. The topological polar surface area (TPSA) is 110 Å². The second-order valence-electron chi connectivity index (χ2n) is 5.44. The van der Waals surface area contributed by atoms with Gasteiger partial charge in [0.05, 0.1) is 7.11 Å². The van der Waals surface area contributed by atoms with Gasteiger partial charge in [0, 0.05) is 31.6 Å². The summed E-state index contributed by atoms with van der Waals surface area (Å²) in [6, 6.07) is 7.22. The van der Waals surface area contributed by atoms with E-state index in [1.165, 1.54) is 0 Å². The smallest absolute Gasteiger partial charge is 0.134 e. The number of rotatable bonds is 8. The van der Waals surface area contributed by atoms with Crippen molar-refractivity contribution < 1.29 is 9.47 Å². The summed E-state index contributed by atoms with van der Waals surface area (Å²) in [6.07, 6.45) is 3.43. The Morgan fingerprint density at radius 3 is 2.60 bits per heavy atom. The summed E-state index contributed by atoms with van der Waals surface area (Å²) in [5.41, 5.74) is 14.5. The Morgan fingerprint density at radius 1 is 1.32 bits per heavy atom. The van der Waals surface area contributed by atoms with Crippen LogP contribution in [0.15, 0.2) is 47.5 Å². The minimum atomic E-state index is 0.181. The Hall–Kier alpha value is -3.16. The number of benzene rings is 1. The lowest BCUT2D eigenvalue weighted by Gasteiger charge is -2.16. The molecule has 0 aliphatic carbocycles. The summed E-state index contributed by atoms with van der Waals surface area (Å²) in [5, 5.41) is 3.51. The molecule has 0 atom stereocenters. The number of ether oxygens (including phenoxy) is 2. The molecular weight excluding hydrogens is 320 g/mol. The highest BCUT2D eigenvalue weighted by atomic mass is 16.5. The molecule has 1 aromatic carbocycles. The van der Waals surface area contributed by atoms with Gasteiger partial charge in [0.25, 0.3) is 0 Å². The zero-order valence-electron chi connectivity index (χ0n) is 14.6. The third kappa shape index (κ3) is 5.45. The van der Waals surface area contributed by atoms with Crippen molar-refractivity contribution in [3.05, 3.63) is 53.7 Å². The fourth-order valence-corrected chi connectivity index (χ4v) is 2.13. The van der Waals surface area contributed by atoms with Crippen LogP contribution in [0.25, 0.3) is 0 Å². The van der Waals surface area contributed by atoms with Crippen LogP contribution in [0.3, 0.4) is 0 Å². The van der Waals surface area contributed by atoms with Gasteiger partial charge >= 0.3 is 0 Å². The summed E-state index contributed by atoms with van der Waals surface area (Å²) in [4.78, 5) is 10.1. The second kappa shape index (κ2) is 8.62. The number of anilines is 1. The summed E-state index contributed by atoms with van der Waals surface area (Å²) in [6.45, 7) is 2.48. The molecule has 8 nitrogen and oxygen atoms in total. The lowest BCUT2D eigenvalue weighted by molar-refractivity contribution is 0.340. The van der Waals surface area contributed by atoms with E-state index in [0.29, 0.717) is 29.6 Å². The third-order valence-corrected chi connectivity index (χ3v) is 3.40. The molecule has 0 amide bonds. The quantitative estimate of drug-likeness (QED) is 0.714. The van der Waals surface area contributed by atoms with Crippen LogP contribution in [0.1, 0.15) is 11.4 Å². The van der Waals surface area contributed by atoms with Gasteiger partial charge in [-0.15, -0.1) is 0 Å². The van der Waals surface area contributed by atoms with Gasteiger partial charge < -0.3 is 20.1 Å². The van der Waals surface area contributed by atoms with Crippen molar-refractivity contribution in [3.8, 4) is 11.5 Å². The Labute approximate surface area is 146 Å². The molecule has 0 spiro atoms. The SMILES string of the molecule is COc1ccc(OCC(=CN(C)Cc2cnc(C)nc2N)N=N)cc1. The van der Waals surface area contributed by atoms with E-state index in [4.69, 9.17) is 20.7 Å². The average Bonchev–Trinajstić information content (AvgIpc) is 2.61. The van der Waals surface area contributed by atoms with Gasteiger partial charge in [-0.3, -0.25) is 0 Å². The molecule has 3 N–H and O–H groups in total. The van der Waals surface area contributed by atoms with Crippen LogP contribution in [0.5, 0.6) is 11.5 Å². The van der Waals surface area contributed by atoms with Crippen LogP contribution < -0.4 is 15.2 Å². The zero-order valence-corrected chi connectivity index (χ0v) is 14.6. The molecule has 2 rings (SSSR count). The van der Waals surface area contributed by atoms with E-state index in [1.54, 1.807) is 38.6 Å². The lowest BCUT2D eigenvalue weighted by Crippen LogP contribution is -2.15. The number of nitrogens with two attached hydrogens (primary N) is 1. The normalized spacial score (nSPS) is 11.1. The van der Waals surface area contributed by atoms with E-state index in [2.05, 4.69) is 15.1 Å². The van der Waals surface area contributed by atoms with Crippen molar-refractivity contribution in [1.29, 1.82) is 5.53 Å². The zero-order chi connectivity index (χ0) is 18.2. The Morgan fingerprint density at radius 2 is 2.00 bits per heavy atom. The number of hydrogen-bond donors (Lipinski definition) is 2. The highest BCUT2D eigenvalue weighted by molar-refractivity contribution is 5.37. The van der Waals surface area contributed by atoms with Crippen molar-refractivity contribution in [2.24, 2.45) is 5.11 Å². The highest BCUT2D eigenvalue weighted by Crippen LogP contribution is 2.18. The average molecular weight is 342 g/mol. The van der Waals surface area contributed by atoms with E-state index >= 15 is 0 Å². The molecule has 25 heavy (non-hydrogen) atoms. The van der Waals surface area contributed by atoms with Crippen molar-refractivity contribution in [2.45, 2.75) is 13.5 Å². The maximum Gasteiger partial charge on any atom is 0.134 e. The number of aromatic nitrogens is 2. The van der Waals surface area contributed by atoms with Crippen molar-refractivity contribution in [2.75, 3.05) is 26.5 Å². The van der Waals surface area contributed by atoms with Crippen LogP contribution >= 0.6 is 0 Å². The van der Waals surface area contributed by atoms with Crippen LogP contribution in [0, 0.1) is 12.5 Å². The molecule has 0 aliphatic heterocycles. The van der Waals surface area contributed by atoms with Crippen molar-refractivity contribution in [1.82, 2.24) is 14.9 Å². The molecule has 0 saturated carbocycles. The van der Waals surface area contributed by atoms with Gasteiger partial charge in [-0.05, 0) is 31.2 Å². The predicted octanol–water partition coefficient (Wildman–Crippen LogP) is 2.76. The first kappa shape index (κ1) is 18.2. The van der Waals surface area contributed by atoms with Gasteiger partial charge in [-0.25, -0.2) is 15.5 Å². The van der Waals surface area contributed by atoms with Gasteiger partial charge in [0.1, 0.15) is 35.4 Å². The molecule has 0 unspecified atom stereocenters. The fourth-order valence-electron chi connectivity index (χ4n) is 2.13. The molecule has 1 aromatic heterocycles. The Kier molecular flexibility index (Phi) is 6.27. The Balaban J connectivity index is 1.96. The largest absolute Gasteiger partial charge is 0.497 e. The molecular formula is C17H22N6O2. The molecule has 2 aromatic rings. The Bertz CT molecular complexity index is 745. The molecule has 0 bridgehead atoms. The summed E-state index contributed by atoms with van der Waals surface area (Å²) in [7, 11) is 3.47. The first-order chi connectivity index (χ1) is 12.0. The van der Waals surface area contributed by atoms with Gasteiger partial charge in [-0.1, -0.05) is 0 Å². The minimum Gasteiger partial charge on any atom is -0.497 e. The van der Waals surface area contributed by atoms with Crippen LogP contribution in [-0.2, 0) is 6.54 Å². The molecule has 0 saturated heterocycles. The number of aryl methyl sites for hydroxylation is 1. The van der Waals surface area contributed by atoms with E-state index in [9.17, 15) is 0 Å². The molecule has 1 heterocycles. The summed E-state index contributed by atoms with van der Waals surface area (Å²) in [5.74, 6) is 2.51. The molecule has 8 heteroatoms. The van der Waals surface area contributed by atoms with Crippen LogP contribution in [0.2, 0.25) is 0 Å². The van der Waals surface area contributed by atoms with Crippen LogP contribution in [-0.4, -0.2) is 35.6 Å². The van der Waals surface area contributed by atoms with Gasteiger partial charge in [-0.2, -0.15) is 5.11 Å². The predicted molar refractivity (Wildman–Crippen MR) is 94.4 cm³/mol. The van der Waals surface area contributed by atoms with Crippen molar-refractivity contribution in [3.63, 3.8) is 0 Å². The maximum atomic E-state index is 7.31. The standard InChI is InChI=1S/C17H22N6O2/c1-12-20-8-13(17(18)21-12)9-23(2)10-14(22-19)11-25-16-6-4-15(24-3)5-7-16/h4-8,10,19H,9,11H2,1-3H3,(H2,18,20,21). The second-order valence-corrected chi connectivity index (χ2v) is 5.44. The van der Waals surface area contributed by atoms with Gasteiger partial charge in [0.2, 0.25) is 0 Å². The highest BCUT2D eigenvalue weighted by Gasteiger charge is 2.06. The maximum absolute atomic E-state index is 7.31. The molecule has 0 radical (unpaired) electrons. The fraction of sp³-hybridized carbons (Fsp3) is 0.294. The van der Waals surface area contributed by atoms with Gasteiger partial charge in [0.15, 0.2) is 0 Å². The number of nitrogens with one attached hydrogen (secondary N) is 1. The number of methoxy groups -OCH3 is 1. The van der Waals surface area contributed by atoms with E-state index in [1.807, 2.05) is 24.1 Å². The molecule has 132 valence electrons. The number of hydrogen-bond acceptors (Lipinski definition) is 8. The van der Waals surface area contributed by atoms with E-state index < -0.39 is 0 Å². The third-order valence-electron chi connectivity index (χ3n) is 3.40. The lowest BCUT2D eigenvalue weighted by atomic mass is 10.3. The summed E-state index contributed by atoms with van der Waals surface area (Å²) >= 11 is 0. The minimum absolute atomic E-state index is 0.181. The monoisotopic (exact) mass is 342 g/mol. The van der Waals surface area contributed by atoms with Crippen LogP contribution in [0.4, 0.5) is 5.82 Å². The first-order valence-electron chi connectivity index (χ1n) is 7.65. The molecule has 0 fully saturated rings. The first-order valence-corrected chi connectivity index (χ1v) is 7.65. The van der Waals surface area contributed by atoms with E-state index in [-0.39, 0.29) is 6.61 Å².